The Labute approximate surface area is 174 Å². The number of carbonyl (C=O) groups excluding carboxylic acids is 2. The molecule has 1 aliphatic heterocycles. The molecular weight excluding hydrogens is 386 g/mol. The van der Waals surface area contributed by atoms with Crippen molar-refractivity contribution in [2.75, 3.05) is 14.2 Å². The van der Waals surface area contributed by atoms with E-state index in [-0.39, 0.29) is 17.1 Å². The Kier molecular flexibility index (Phi) is 6.72. The average Bonchev–Trinajstić information content (AvgIpc) is 3.03. The molecule has 1 N–H and O–H groups in total. The fourth-order valence-electron chi connectivity index (χ4n) is 2.80. The molecule has 1 heterocycles. The normalized spacial score (nSPS) is 16.0. The Morgan fingerprint density at radius 2 is 1.90 bits per heavy atom. The van der Waals surface area contributed by atoms with Gasteiger partial charge in [0, 0.05) is 7.05 Å². The van der Waals surface area contributed by atoms with Crippen LogP contribution in [0, 0.1) is 0 Å². The van der Waals surface area contributed by atoms with Crippen molar-refractivity contribution in [1.82, 2.24) is 10.2 Å². The molecule has 2 aromatic rings. The molecule has 29 heavy (non-hydrogen) atoms. The van der Waals surface area contributed by atoms with Gasteiger partial charge in [-0.15, -0.1) is 0 Å². The van der Waals surface area contributed by atoms with Crippen LogP contribution in [0.1, 0.15) is 18.1 Å². The minimum atomic E-state index is -0.370. The van der Waals surface area contributed by atoms with E-state index < -0.39 is 0 Å². The lowest BCUT2D eigenvalue weighted by Gasteiger charge is -2.19. The number of carbonyl (C=O) groups is 2. The van der Waals surface area contributed by atoms with Gasteiger partial charge >= 0.3 is 0 Å². The fraction of sp³-hybridized carbons (Fsp3) is 0.227. The molecule has 0 saturated carbocycles. The highest BCUT2D eigenvalue weighted by Gasteiger charge is 2.32. The summed E-state index contributed by atoms with van der Waals surface area (Å²) in [4.78, 5) is 31.2. The molecule has 0 unspecified atom stereocenters. The molecule has 3 rings (SSSR count). The number of hydrogen-bond acceptors (Lipinski definition) is 5. The van der Waals surface area contributed by atoms with Crippen LogP contribution in [0.25, 0.3) is 6.08 Å². The van der Waals surface area contributed by atoms with Gasteiger partial charge in [-0.2, -0.15) is 0 Å². The largest absolute Gasteiger partial charge is 0.497 e. The molecule has 0 fully saturated rings. The van der Waals surface area contributed by atoms with E-state index >= 15 is 0 Å². The van der Waals surface area contributed by atoms with Crippen LogP contribution in [0.3, 0.4) is 0 Å². The highest BCUT2D eigenvalue weighted by Crippen LogP contribution is 2.28. The standard InChI is InChI=1S/C22H23N3O3S/c1-15(20(26)23-2)29-22-24-19(13-16-9-11-18(28-3)12-10-16)21(27)25(22)14-17-7-5-4-6-8-17/h4-13,15H,14H2,1-3H3,(H,23,26)/b19-13-/t15-/m0/s1. The quantitative estimate of drug-likeness (QED) is 0.743. The van der Waals surface area contributed by atoms with E-state index in [1.54, 1.807) is 32.1 Å². The zero-order valence-corrected chi connectivity index (χ0v) is 17.4. The molecule has 0 spiro atoms. The Hall–Kier alpha value is -3.06. The van der Waals surface area contributed by atoms with Crippen LogP contribution in [0.15, 0.2) is 65.3 Å². The maximum atomic E-state index is 13.1. The minimum absolute atomic E-state index is 0.114. The molecule has 1 aliphatic rings. The summed E-state index contributed by atoms with van der Waals surface area (Å²) in [6, 6.07) is 17.1. The van der Waals surface area contributed by atoms with Gasteiger partial charge in [-0.05, 0) is 36.3 Å². The van der Waals surface area contributed by atoms with Crippen LogP contribution >= 0.6 is 11.8 Å². The number of ether oxygens (including phenoxy) is 1. The summed E-state index contributed by atoms with van der Waals surface area (Å²) >= 11 is 1.27. The maximum Gasteiger partial charge on any atom is 0.278 e. The molecule has 2 amide bonds. The Morgan fingerprint density at radius 1 is 1.21 bits per heavy atom. The van der Waals surface area contributed by atoms with Crippen molar-refractivity contribution in [1.29, 1.82) is 0 Å². The summed E-state index contributed by atoms with van der Waals surface area (Å²) < 4.78 is 5.17. The predicted octanol–water partition coefficient (Wildman–Crippen LogP) is 3.30. The molecule has 0 radical (unpaired) electrons. The first kappa shape index (κ1) is 20.7. The van der Waals surface area contributed by atoms with E-state index in [0.29, 0.717) is 17.4 Å². The van der Waals surface area contributed by atoms with Crippen LogP contribution in [-0.2, 0) is 16.1 Å². The van der Waals surface area contributed by atoms with Gasteiger partial charge in [0.1, 0.15) is 11.4 Å². The number of nitrogens with one attached hydrogen (secondary N) is 1. The zero-order chi connectivity index (χ0) is 20.8. The fourth-order valence-corrected chi connectivity index (χ4v) is 3.77. The van der Waals surface area contributed by atoms with Gasteiger partial charge in [0.2, 0.25) is 5.91 Å². The number of amides is 2. The van der Waals surface area contributed by atoms with E-state index in [9.17, 15) is 9.59 Å². The number of nitrogens with zero attached hydrogens (tertiary/aromatic N) is 2. The second-order valence-corrected chi connectivity index (χ2v) is 7.76. The molecule has 2 aromatic carbocycles. The average molecular weight is 410 g/mol. The summed E-state index contributed by atoms with van der Waals surface area (Å²) in [5, 5.41) is 2.78. The SMILES string of the molecule is CNC(=O)[C@H](C)SC1=N/C(=C\c2ccc(OC)cc2)C(=O)N1Cc1ccccc1. The van der Waals surface area contributed by atoms with Crippen LogP contribution in [0.5, 0.6) is 5.75 Å². The first-order valence-electron chi connectivity index (χ1n) is 9.20. The van der Waals surface area contributed by atoms with Gasteiger partial charge in [-0.1, -0.05) is 54.2 Å². The highest BCUT2D eigenvalue weighted by atomic mass is 32.2. The number of methoxy groups -OCH3 is 1. The lowest BCUT2D eigenvalue weighted by Crippen LogP contribution is -2.34. The Balaban J connectivity index is 1.89. The van der Waals surface area contributed by atoms with Crippen LogP contribution < -0.4 is 10.1 Å². The van der Waals surface area contributed by atoms with Crippen molar-refractivity contribution in [3.05, 3.63) is 71.4 Å². The van der Waals surface area contributed by atoms with Crippen molar-refractivity contribution in [3.63, 3.8) is 0 Å². The first-order chi connectivity index (χ1) is 14.0. The predicted molar refractivity (Wildman–Crippen MR) is 117 cm³/mol. The number of thioether (sulfide) groups is 1. The van der Waals surface area contributed by atoms with E-state index in [1.807, 2.05) is 54.6 Å². The summed E-state index contributed by atoms with van der Waals surface area (Å²) in [6.45, 7) is 2.19. The van der Waals surface area contributed by atoms with Crippen LogP contribution in [0.2, 0.25) is 0 Å². The highest BCUT2D eigenvalue weighted by molar-refractivity contribution is 8.14. The third-order valence-corrected chi connectivity index (χ3v) is 5.50. The smallest absolute Gasteiger partial charge is 0.278 e. The monoisotopic (exact) mass is 409 g/mol. The van der Waals surface area contributed by atoms with Gasteiger partial charge in [-0.25, -0.2) is 4.99 Å². The van der Waals surface area contributed by atoms with Crippen molar-refractivity contribution >= 4 is 34.8 Å². The lowest BCUT2D eigenvalue weighted by atomic mass is 10.1. The summed E-state index contributed by atoms with van der Waals surface area (Å²) in [6.07, 6.45) is 1.75. The van der Waals surface area contributed by atoms with Crippen molar-refractivity contribution < 1.29 is 14.3 Å². The molecule has 150 valence electrons. The Morgan fingerprint density at radius 3 is 2.52 bits per heavy atom. The Bertz CT molecular complexity index is 940. The topological polar surface area (TPSA) is 71.0 Å². The van der Waals surface area contributed by atoms with E-state index in [4.69, 9.17) is 4.74 Å². The summed E-state index contributed by atoms with van der Waals surface area (Å²) in [5.74, 6) is 0.448. The molecule has 0 bridgehead atoms. The molecule has 6 nitrogen and oxygen atoms in total. The van der Waals surface area contributed by atoms with Gasteiger partial charge < -0.3 is 10.1 Å². The van der Waals surface area contributed by atoms with Gasteiger partial charge in [0.05, 0.1) is 18.9 Å². The number of rotatable bonds is 6. The number of amidine groups is 1. The van der Waals surface area contributed by atoms with Gasteiger partial charge in [0.15, 0.2) is 5.17 Å². The zero-order valence-electron chi connectivity index (χ0n) is 16.6. The van der Waals surface area contributed by atoms with E-state index in [1.165, 1.54) is 11.8 Å². The molecule has 0 aromatic heterocycles. The lowest BCUT2D eigenvalue weighted by molar-refractivity contribution is -0.123. The third-order valence-electron chi connectivity index (χ3n) is 4.41. The summed E-state index contributed by atoms with van der Waals surface area (Å²) in [5.41, 5.74) is 2.19. The van der Waals surface area contributed by atoms with E-state index in [2.05, 4.69) is 10.3 Å². The second kappa shape index (κ2) is 9.43. The minimum Gasteiger partial charge on any atom is -0.497 e. The third kappa shape index (κ3) is 5.06. The number of benzene rings is 2. The van der Waals surface area contributed by atoms with Gasteiger partial charge in [0.25, 0.3) is 5.91 Å². The molecule has 7 heteroatoms. The number of aliphatic imine (C=N–C) groups is 1. The molecule has 1 atom stereocenters. The number of hydrogen-bond donors (Lipinski definition) is 1. The molecule has 0 saturated heterocycles. The van der Waals surface area contributed by atoms with Crippen molar-refractivity contribution in [3.8, 4) is 5.75 Å². The van der Waals surface area contributed by atoms with Crippen LogP contribution in [-0.4, -0.2) is 41.3 Å². The molecular formula is C22H23N3O3S. The van der Waals surface area contributed by atoms with Gasteiger partial charge in [-0.3, -0.25) is 14.5 Å². The van der Waals surface area contributed by atoms with Crippen molar-refractivity contribution in [2.24, 2.45) is 4.99 Å². The van der Waals surface area contributed by atoms with E-state index in [0.717, 1.165) is 16.9 Å². The molecule has 0 aliphatic carbocycles. The van der Waals surface area contributed by atoms with Crippen LogP contribution in [0.4, 0.5) is 0 Å². The first-order valence-corrected chi connectivity index (χ1v) is 10.1. The maximum absolute atomic E-state index is 13.1. The second-order valence-electron chi connectivity index (χ2n) is 6.45. The van der Waals surface area contributed by atoms with Crippen molar-refractivity contribution in [2.45, 2.75) is 18.7 Å². The summed E-state index contributed by atoms with van der Waals surface area (Å²) in [7, 11) is 3.20.